The Balaban J connectivity index is 1.73. The highest BCUT2D eigenvalue weighted by atomic mass is 79.9. The molecule has 1 fully saturated rings. The minimum atomic E-state index is -4.11. The number of methoxy groups -OCH3 is 1. The van der Waals surface area contributed by atoms with Crippen LogP contribution in [0.1, 0.15) is 32.9 Å². The number of aromatic amines is 1. The average Bonchev–Trinajstić information content (AvgIpc) is 3.08. The van der Waals surface area contributed by atoms with Crippen molar-refractivity contribution in [3.8, 4) is 11.5 Å². The quantitative estimate of drug-likeness (QED) is 0.126. The Bertz CT molecular complexity index is 1300. The number of hydrogen-bond donors (Lipinski definition) is 3. The lowest BCUT2D eigenvalue weighted by Crippen LogP contribution is -2.41. The summed E-state index contributed by atoms with van der Waals surface area (Å²) in [6.07, 6.45) is -2.62. The van der Waals surface area contributed by atoms with E-state index < -0.39 is 53.8 Å². The van der Waals surface area contributed by atoms with Gasteiger partial charge in [0.2, 0.25) is 0 Å². The number of nitrogens with one attached hydrogen (secondary N) is 2. The molecule has 5 atom stereocenters. The summed E-state index contributed by atoms with van der Waals surface area (Å²) >= 11 is 9.65. The Labute approximate surface area is 237 Å². The fourth-order valence-corrected chi connectivity index (χ4v) is 5.86. The number of aliphatic hydroxyl groups is 1. The number of esters is 1. The molecule has 0 saturated carbocycles. The summed E-state index contributed by atoms with van der Waals surface area (Å²) in [5, 5.41) is 13.5. The van der Waals surface area contributed by atoms with Crippen LogP contribution in [0.15, 0.2) is 46.1 Å². The number of carbonyl (C=O) groups is 1. The zero-order chi connectivity index (χ0) is 28.8. The van der Waals surface area contributed by atoms with Crippen LogP contribution in [-0.2, 0) is 23.4 Å². The third-order valence-corrected chi connectivity index (χ3v) is 8.21. The van der Waals surface area contributed by atoms with Crippen LogP contribution in [0.2, 0.25) is 0 Å². The maximum Gasteiger partial charge on any atom is 0.458 e. The first-order chi connectivity index (χ1) is 18.3. The molecule has 0 spiro atoms. The lowest BCUT2D eigenvalue weighted by Gasteiger charge is -2.24. The predicted octanol–water partition coefficient (Wildman–Crippen LogP) is 2.66. The van der Waals surface area contributed by atoms with Crippen molar-refractivity contribution in [3.05, 3.63) is 57.4 Å². The van der Waals surface area contributed by atoms with Crippen LogP contribution in [0.5, 0.6) is 11.5 Å². The Morgan fingerprint density at radius 3 is 2.72 bits per heavy atom. The van der Waals surface area contributed by atoms with Crippen molar-refractivity contribution in [2.75, 3.05) is 20.3 Å². The van der Waals surface area contributed by atoms with Crippen molar-refractivity contribution in [1.29, 1.82) is 0 Å². The molecule has 0 bridgehead atoms. The van der Waals surface area contributed by atoms with Crippen molar-refractivity contribution in [2.24, 2.45) is 0 Å². The lowest BCUT2D eigenvalue weighted by atomic mass is 10.2. The second-order valence-corrected chi connectivity index (χ2v) is 12.9. The van der Waals surface area contributed by atoms with E-state index in [0.717, 1.165) is 10.6 Å². The van der Waals surface area contributed by atoms with Gasteiger partial charge < -0.3 is 23.8 Å². The van der Waals surface area contributed by atoms with Gasteiger partial charge in [-0.2, -0.15) is 0 Å². The van der Waals surface area contributed by atoms with E-state index in [1.54, 1.807) is 32.0 Å². The second-order valence-electron chi connectivity index (χ2n) is 8.78. The van der Waals surface area contributed by atoms with Gasteiger partial charge in [0.05, 0.1) is 19.8 Å². The van der Waals surface area contributed by atoms with E-state index in [1.165, 1.54) is 19.4 Å². The molecule has 1 saturated heterocycles. The van der Waals surface area contributed by atoms with Crippen LogP contribution in [0.4, 0.5) is 0 Å². The second kappa shape index (κ2) is 13.4. The fraction of sp³-hybridized carbons (Fsp3) is 0.522. The van der Waals surface area contributed by atoms with Gasteiger partial charge in [-0.05, 0) is 32.4 Å². The van der Waals surface area contributed by atoms with E-state index in [-0.39, 0.29) is 31.2 Å². The number of rotatable bonds is 13. The van der Waals surface area contributed by atoms with Crippen LogP contribution >= 0.6 is 35.3 Å². The first-order valence-corrected chi connectivity index (χ1v) is 14.6. The Kier molecular flexibility index (Phi) is 10.8. The van der Waals surface area contributed by atoms with E-state index in [2.05, 4.69) is 26.0 Å². The van der Waals surface area contributed by atoms with E-state index >= 15 is 0 Å². The molecule has 0 aliphatic carbocycles. The zero-order valence-electron chi connectivity index (χ0n) is 21.4. The smallest absolute Gasteiger partial charge is 0.458 e. The standard InChI is InChI=1S/C23H30BrClN3O10P/c1-14(2)36-19(30)8-5-10-26-39(33,38-16-7-4-6-15(12-16)34-3)35-13-17-20(31)23(24,25)21(37-17)28-11-9-18(29)27-22(28)32/h4,6-7,9,11-12,14,17,20-21,31H,5,8,10,13H2,1-3H3,(H,26,33)(H,27,29,32)/t17-,20-,21-,23+,39+/m1/s1. The molecule has 216 valence electrons. The molecule has 2 heterocycles. The SMILES string of the molecule is COc1cccc(O[P@](=O)(NCCCC(=O)OC(C)C)OC[C@H]2O[C@@H](n3ccc(=O)[nH]c3=O)[C@](Cl)(Br)[C@@H]2O)c1. The normalized spacial score (nSPS) is 24.3. The number of halogens is 2. The van der Waals surface area contributed by atoms with E-state index in [1.807, 2.05) is 0 Å². The highest BCUT2D eigenvalue weighted by Gasteiger charge is 2.55. The summed E-state index contributed by atoms with van der Waals surface area (Å²) in [4.78, 5) is 37.6. The maximum absolute atomic E-state index is 13.7. The van der Waals surface area contributed by atoms with Gasteiger partial charge in [0.15, 0.2) is 10.0 Å². The summed E-state index contributed by atoms with van der Waals surface area (Å²) in [6.45, 7) is 3.07. The van der Waals surface area contributed by atoms with Gasteiger partial charge >= 0.3 is 19.4 Å². The molecule has 1 aliphatic rings. The molecule has 0 radical (unpaired) electrons. The third-order valence-electron chi connectivity index (χ3n) is 5.39. The van der Waals surface area contributed by atoms with Gasteiger partial charge in [-0.25, -0.2) is 14.4 Å². The van der Waals surface area contributed by atoms with E-state index in [4.69, 9.17) is 34.9 Å². The van der Waals surface area contributed by atoms with Crippen molar-refractivity contribution >= 4 is 41.2 Å². The Hall–Kier alpha value is -2.19. The summed E-state index contributed by atoms with van der Waals surface area (Å²) in [5.74, 6) is 0.214. The number of benzene rings is 1. The highest BCUT2D eigenvalue weighted by Crippen LogP contribution is 2.50. The lowest BCUT2D eigenvalue weighted by molar-refractivity contribution is -0.147. The van der Waals surface area contributed by atoms with Crippen LogP contribution in [0.25, 0.3) is 0 Å². The average molecular weight is 655 g/mol. The molecule has 0 amide bonds. The van der Waals surface area contributed by atoms with Crippen molar-refractivity contribution in [2.45, 2.75) is 55.0 Å². The zero-order valence-corrected chi connectivity index (χ0v) is 24.6. The number of carbonyl (C=O) groups excluding carboxylic acids is 1. The maximum atomic E-state index is 13.7. The molecule has 0 unspecified atom stereocenters. The van der Waals surface area contributed by atoms with Gasteiger partial charge in [0.25, 0.3) is 5.56 Å². The predicted molar refractivity (Wildman–Crippen MR) is 144 cm³/mol. The Morgan fingerprint density at radius 1 is 1.33 bits per heavy atom. The van der Waals surface area contributed by atoms with Crippen LogP contribution < -0.4 is 25.6 Å². The molecular weight excluding hydrogens is 625 g/mol. The summed E-state index contributed by atoms with van der Waals surface area (Å²) < 4.78 is 40.3. The minimum Gasteiger partial charge on any atom is -0.497 e. The largest absolute Gasteiger partial charge is 0.497 e. The number of hydrogen-bond acceptors (Lipinski definition) is 10. The molecule has 2 aromatic rings. The van der Waals surface area contributed by atoms with Gasteiger partial charge in [-0.15, -0.1) is 0 Å². The monoisotopic (exact) mass is 653 g/mol. The van der Waals surface area contributed by atoms with Crippen LogP contribution in [-0.4, -0.2) is 63.0 Å². The summed E-state index contributed by atoms with van der Waals surface area (Å²) in [5.41, 5.74) is -1.43. The molecule has 1 aliphatic heterocycles. The number of alkyl halides is 2. The third kappa shape index (κ3) is 8.40. The molecule has 3 rings (SSSR count). The molecule has 16 heteroatoms. The molecule has 3 N–H and O–H groups in total. The van der Waals surface area contributed by atoms with Crippen molar-refractivity contribution < 1.29 is 37.7 Å². The molecule has 13 nitrogen and oxygen atoms in total. The first kappa shape index (κ1) is 31.3. The van der Waals surface area contributed by atoms with Gasteiger partial charge in [0.1, 0.15) is 23.7 Å². The van der Waals surface area contributed by atoms with Crippen LogP contribution in [0, 0.1) is 0 Å². The van der Waals surface area contributed by atoms with Crippen LogP contribution in [0.3, 0.4) is 0 Å². The van der Waals surface area contributed by atoms with Gasteiger partial charge in [-0.1, -0.05) is 33.6 Å². The van der Waals surface area contributed by atoms with E-state index in [9.17, 15) is 24.1 Å². The molecular formula is C23H30BrClN3O10P. The summed E-state index contributed by atoms with van der Waals surface area (Å²) in [7, 11) is -2.65. The minimum absolute atomic E-state index is 0.0653. The molecule has 39 heavy (non-hydrogen) atoms. The fourth-order valence-electron chi connectivity index (χ4n) is 3.56. The first-order valence-electron chi connectivity index (χ1n) is 11.9. The highest BCUT2D eigenvalue weighted by molar-refractivity contribution is 9.10. The van der Waals surface area contributed by atoms with Crippen molar-refractivity contribution in [3.63, 3.8) is 0 Å². The number of H-pyrrole nitrogens is 1. The topological polar surface area (TPSA) is 167 Å². The summed E-state index contributed by atoms with van der Waals surface area (Å²) in [6, 6.07) is 7.44. The number of aromatic nitrogens is 2. The molecule has 1 aromatic carbocycles. The van der Waals surface area contributed by atoms with E-state index in [0.29, 0.717) is 5.75 Å². The van der Waals surface area contributed by atoms with Gasteiger partial charge in [0, 0.05) is 31.3 Å². The van der Waals surface area contributed by atoms with Crippen molar-refractivity contribution in [1.82, 2.24) is 14.6 Å². The number of aliphatic hydroxyl groups excluding tert-OH is 1. The molecule has 1 aromatic heterocycles. The number of nitrogens with zero attached hydrogens (tertiary/aromatic N) is 1. The van der Waals surface area contributed by atoms with Gasteiger partial charge in [-0.3, -0.25) is 23.7 Å². The Morgan fingerprint density at radius 2 is 2.05 bits per heavy atom. The number of ether oxygens (including phenoxy) is 3.